The molecule has 0 aliphatic rings. The Bertz CT molecular complexity index is 1900. The molecular weight excluding hydrogens is 593 g/mol. The number of carbonyl (C=O) groups excluding carboxylic acids is 2. The number of hydrogen-bond acceptors (Lipinski definition) is 9. The zero-order valence-electron chi connectivity index (χ0n) is 22.4. The summed E-state index contributed by atoms with van der Waals surface area (Å²) in [7, 11) is 0. The lowest BCUT2D eigenvalue weighted by molar-refractivity contribution is -0.386. The van der Waals surface area contributed by atoms with Gasteiger partial charge in [0.25, 0.3) is 11.8 Å². The number of nitrogens with one attached hydrogen (secondary N) is 1. The number of pyridine rings is 1. The summed E-state index contributed by atoms with van der Waals surface area (Å²) in [6, 6.07) is 7.89. The number of carbonyl (C=O) groups is 2. The number of amides is 2. The van der Waals surface area contributed by atoms with Crippen LogP contribution in [0.25, 0.3) is 21.3 Å². The summed E-state index contributed by atoms with van der Waals surface area (Å²) in [6.45, 7) is 3.61. The van der Waals surface area contributed by atoms with E-state index in [2.05, 4.69) is 20.5 Å². The van der Waals surface area contributed by atoms with Crippen LogP contribution in [0.1, 0.15) is 38.5 Å². The lowest BCUT2D eigenvalue weighted by Crippen LogP contribution is -2.18. The van der Waals surface area contributed by atoms with Crippen molar-refractivity contribution in [1.29, 1.82) is 0 Å². The van der Waals surface area contributed by atoms with Crippen molar-refractivity contribution < 1.29 is 32.4 Å². The van der Waals surface area contributed by atoms with E-state index < -0.39 is 28.6 Å². The predicted molar refractivity (Wildman–Crippen MR) is 149 cm³/mol. The highest BCUT2D eigenvalue weighted by Crippen LogP contribution is 2.44. The van der Waals surface area contributed by atoms with Gasteiger partial charge in [0.05, 0.1) is 16.3 Å². The Morgan fingerprint density at radius 2 is 1.91 bits per heavy atom. The molecule has 3 N–H and O–H groups in total. The van der Waals surface area contributed by atoms with E-state index in [1.54, 1.807) is 23.9 Å². The Balaban J connectivity index is 1.52. The fourth-order valence-corrected chi connectivity index (χ4v) is 5.30. The second kappa shape index (κ2) is 11.2. The van der Waals surface area contributed by atoms with Crippen LogP contribution in [0.5, 0.6) is 5.75 Å². The number of benzene rings is 1. The number of fused-ring (bicyclic) bond motifs is 1. The van der Waals surface area contributed by atoms with E-state index in [0.29, 0.717) is 29.1 Å². The minimum Gasteiger partial charge on any atom is -0.464 e. The number of hydrogen-bond donors (Lipinski definition) is 2. The molecule has 0 aliphatic heterocycles. The summed E-state index contributed by atoms with van der Waals surface area (Å²) in [5.41, 5.74) is 4.68. The second-order valence-electron chi connectivity index (χ2n) is 9.08. The quantitative estimate of drug-likeness (QED) is 0.172. The van der Waals surface area contributed by atoms with Crippen LogP contribution < -0.4 is 15.8 Å². The molecule has 0 saturated carbocycles. The number of nitro groups is 1. The van der Waals surface area contributed by atoms with Gasteiger partial charge in [0, 0.05) is 36.0 Å². The Kier molecular flexibility index (Phi) is 7.58. The minimum absolute atomic E-state index is 0.00945. The zero-order chi connectivity index (χ0) is 31.1. The van der Waals surface area contributed by atoms with Crippen LogP contribution in [0.15, 0.2) is 48.8 Å². The standard InChI is InChI=1S/C26H21F3N8O5S/c1-3-35-11-15(13(2)33-35)14-10-19(26(27,28)29)31-25-20(14)21(22(43-25)23(30)38)32-24(39)16-8-9-36(34-16)12-42-18-7-5-4-6-17(18)37(40)41/h4-11H,3,12H2,1-2H3,(H2,30,38)(H,32,39). The first kappa shape index (κ1) is 29.2. The molecule has 4 heterocycles. The molecule has 0 saturated heterocycles. The molecule has 0 unspecified atom stereocenters. The number of aryl methyl sites for hydroxylation is 2. The van der Waals surface area contributed by atoms with E-state index in [-0.39, 0.29) is 50.2 Å². The highest BCUT2D eigenvalue weighted by molar-refractivity contribution is 7.21. The Labute approximate surface area is 243 Å². The van der Waals surface area contributed by atoms with Crippen LogP contribution in [0.4, 0.5) is 24.5 Å². The van der Waals surface area contributed by atoms with Gasteiger partial charge in [0.2, 0.25) is 0 Å². The molecule has 4 aromatic heterocycles. The molecule has 0 radical (unpaired) electrons. The number of primary amides is 1. The van der Waals surface area contributed by atoms with Gasteiger partial charge in [0.15, 0.2) is 18.2 Å². The first-order valence-electron chi connectivity index (χ1n) is 12.5. The van der Waals surface area contributed by atoms with Gasteiger partial charge in [-0.1, -0.05) is 12.1 Å². The topological polar surface area (TPSA) is 173 Å². The molecule has 5 rings (SSSR count). The van der Waals surface area contributed by atoms with Crippen LogP contribution in [0, 0.1) is 17.0 Å². The molecule has 0 spiro atoms. The summed E-state index contributed by atoms with van der Waals surface area (Å²) in [5.74, 6) is -1.80. The average Bonchev–Trinajstić information content (AvgIpc) is 3.68. The molecule has 17 heteroatoms. The number of nitro benzene ring substituents is 1. The van der Waals surface area contributed by atoms with E-state index in [9.17, 15) is 32.9 Å². The molecule has 43 heavy (non-hydrogen) atoms. The number of para-hydroxylation sites is 2. The van der Waals surface area contributed by atoms with E-state index in [0.717, 1.165) is 6.07 Å². The molecule has 5 aromatic rings. The lowest BCUT2D eigenvalue weighted by atomic mass is 10.0. The van der Waals surface area contributed by atoms with Crippen molar-refractivity contribution in [3.8, 4) is 16.9 Å². The van der Waals surface area contributed by atoms with Crippen LogP contribution in [-0.4, -0.2) is 41.3 Å². The van der Waals surface area contributed by atoms with Gasteiger partial charge in [-0.3, -0.25) is 24.4 Å². The summed E-state index contributed by atoms with van der Waals surface area (Å²) < 4.78 is 49.7. The number of rotatable bonds is 9. The van der Waals surface area contributed by atoms with Gasteiger partial charge < -0.3 is 15.8 Å². The number of halogens is 3. The predicted octanol–water partition coefficient (Wildman–Crippen LogP) is 5.00. The molecular formula is C26H21F3N8O5S. The maximum absolute atomic E-state index is 13.8. The first-order chi connectivity index (χ1) is 20.4. The highest BCUT2D eigenvalue weighted by Gasteiger charge is 2.35. The maximum atomic E-state index is 13.8. The fourth-order valence-electron chi connectivity index (χ4n) is 4.29. The largest absolute Gasteiger partial charge is 0.464 e. The smallest absolute Gasteiger partial charge is 0.433 e. The molecule has 0 aliphatic carbocycles. The van der Waals surface area contributed by atoms with Crippen molar-refractivity contribution >= 4 is 44.7 Å². The van der Waals surface area contributed by atoms with Crippen LogP contribution in [0.2, 0.25) is 0 Å². The number of alkyl halides is 3. The van der Waals surface area contributed by atoms with Gasteiger partial charge in [-0.2, -0.15) is 23.4 Å². The van der Waals surface area contributed by atoms with Crippen LogP contribution >= 0.6 is 11.3 Å². The Morgan fingerprint density at radius 3 is 2.56 bits per heavy atom. The zero-order valence-corrected chi connectivity index (χ0v) is 23.2. The monoisotopic (exact) mass is 614 g/mol. The third kappa shape index (κ3) is 5.74. The van der Waals surface area contributed by atoms with Crippen LogP contribution in [-0.2, 0) is 19.5 Å². The molecule has 13 nitrogen and oxygen atoms in total. The number of aromatic nitrogens is 5. The SMILES string of the molecule is CCn1cc(-c2cc(C(F)(F)F)nc3sc(C(N)=O)c(NC(=O)c4ccn(COc5ccccc5[N+](=O)[O-])n4)c23)c(C)n1. The van der Waals surface area contributed by atoms with Gasteiger partial charge in [-0.05, 0) is 37.6 Å². The molecule has 0 fully saturated rings. The second-order valence-corrected chi connectivity index (χ2v) is 10.1. The fraction of sp³-hybridized carbons (Fsp3) is 0.192. The first-order valence-corrected chi connectivity index (χ1v) is 13.3. The normalized spacial score (nSPS) is 11.6. The van der Waals surface area contributed by atoms with Crippen molar-refractivity contribution in [1.82, 2.24) is 24.5 Å². The van der Waals surface area contributed by atoms with E-state index in [1.165, 1.54) is 35.1 Å². The highest BCUT2D eigenvalue weighted by atomic mass is 32.1. The lowest BCUT2D eigenvalue weighted by Gasteiger charge is -2.11. The molecule has 1 aromatic carbocycles. The molecule has 2 amide bonds. The minimum atomic E-state index is -4.80. The maximum Gasteiger partial charge on any atom is 0.433 e. The van der Waals surface area contributed by atoms with Crippen molar-refractivity contribution in [2.45, 2.75) is 33.3 Å². The van der Waals surface area contributed by atoms with Gasteiger partial charge >= 0.3 is 11.9 Å². The molecule has 0 bridgehead atoms. The molecule has 0 atom stereocenters. The van der Waals surface area contributed by atoms with Crippen molar-refractivity contribution in [2.75, 3.05) is 5.32 Å². The third-order valence-electron chi connectivity index (χ3n) is 6.26. The van der Waals surface area contributed by atoms with Crippen molar-refractivity contribution in [2.24, 2.45) is 5.73 Å². The van der Waals surface area contributed by atoms with E-state index >= 15 is 0 Å². The van der Waals surface area contributed by atoms with E-state index in [4.69, 9.17) is 10.5 Å². The van der Waals surface area contributed by atoms with Gasteiger partial charge in [-0.15, -0.1) is 11.3 Å². The van der Waals surface area contributed by atoms with Crippen molar-refractivity contribution in [3.05, 3.63) is 80.9 Å². The summed E-state index contributed by atoms with van der Waals surface area (Å²) in [4.78, 5) is 39.6. The number of ether oxygens (including phenoxy) is 1. The number of thiophene rings is 1. The van der Waals surface area contributed by atoms with E-state index in [1.807, 2.05) is 6.92 Å². The summed E-state index contributed by atoms with van der Waals surface area (Å²) >= 11 is 0.613. The van der Waals surface area contributed by atoms with Crippen LogP contribution in [0.3, 0.4) is 0 Å². The Hall–Kier alpha value is -5.32. The number of nitrogens with two attached hydrogens (primary N) is 1. The number of nitrogens with zero attached hydrogens (tertiary/aromatic N) is 6. The third-order valence-corrected chi connectivity index (χ3v) is 7.36. The Morgan fingerprint density at radius 1 is 1.16 bits per heavy atom. The number of anilines is 1. The summed E-state index contributed by atoms with van der Waals surface area (Å²) in [6.07, 6.45) is -1.85. The average molecular weight is 615 g/mol. The summed E-state index contributed by atoms with van der Waals surface area (Å²) in [5, 5.41) is 22.3. The van der Waals surface area contributed by atoms with Gasteiger partial charge in [0.1, 0.15) is 15.4 Å². The van der Waals surface area contributed by atoms with Gasteiger partial charge in [-0.25, -0.2) is 9.67 Å². The van der Waals surface area contributed by atoms with Crippen molar-refractivity contribution in [3.63, 3.8) is 0 Å². The molecule has 222 valence electrons.